The van der Waals surface area contributed by atoms with E-state index in [2.05, 4.69) is 20.8 Å². The lowest BCUT2D eigenvalue weighted by atomic mass is 10.2. The summed E-state index contributed by atoms with van der Waals surface area (Å²) < 4.78 is 12.3. The highest BCUT2D eigenvalue weighted by Crippen LogP contribution is 2.32. The molecule has 10 nitrogen and oxygen atoms in total. The van der Waals surface area contributed by atoms with Crippen LogP contribution in [0.1, 0.15) is 5.56 Å². The third-order valence-electron chi connectivity index (χ3n) is 4.29. The van der Waals surface area contributed by atoms with Crippen molar-refractivity contribution in [2.75, 3.05) is 24.3 Å². The lowest BCUT2D eigenvalue weighted by molar-refractivity contribution is -0.117. The van der Waals surface area contributed by atoms with Crippen molar-refractivity contribution in [1.82, 2.24) is 20.1 Å². The second-order valence-electron chi connectivity index (χ2n) is 6.53. The number of imide groups is 1. The van der Waals surface area contributed by atoms with Gasteiger partial charge in [-0.25, -0.2) is 14.7 Å². The summed E-state index contributed by atoms with van der Waals surface area (Å²) in [6.45, 7) is 1.23. The number of carbonyl (C=O) groups excluding carboxylic acids is 2. The minimum Gasteiger partial charge on any atom is -0.486 e. The first kappa shape index (κ1) is 20.5. The molecule has 3 amide bonds. The fraction of sp³-hybridized carbons (Fsp3) is 0.200. The van der Waals surface area contributed by atoms with Crippen LogP contribution in [-0.4, -0.2) is 45.7 Å². The molecule has 11 heteroatoms. The van der Waals surface area contributed by atoms with E-state index in [1.165, 1.54) is 4.57 Å². The average Bonchev–Trinajstić information content (AvgIpc) is 3.12. The molecule has 0 fully saturated rings. The SMILES string of the molecule is O=C(CSc1n[nH]c(=O)n1Cc1ccccc1)NC(=O)Nc1ccc2c(c1)OCCO2. The van der Waals surface area contributed by atoms with Gasteiger partial charge in [-0.15, -0.1) is 5.10 Å². The Labute approximate surface area is 180 Å². The van der Waals surface area contributed by atoms with E-state index in [4.69, 9.17) is 9.47 Å². The Morgan fingerprint density at radius 2 is 1.87 bits per heavy atom. The second-order valence-corrected chi connectivity index (χ2v) is 7.47. The van der Waals surface area contributed by atoms with Crippen molar-refractivity contribution >= 4 is 29.4 Å². The number of aromatic amines is 1. The van der Waals surface area contributed by atoms with Crippen LogP contribution in [0.2, 0.25) is 0 Å². The summed E-state index contributed by atoms with van der Waals surface area (Å²) in [5.74, 6) is 0.515. The molecule has 1 aliphatic rings. The third-order valence-corrected chi connectivity index (χ3v) is 5.27. The summed E-state index contributed by atoms with van der Waals surface area (Å²) in [7, 11) is 0. The summed E-state index contributed by atoms with van der Waals surface area (Å²) in [6, 6.07) is 13.7. The Morgan fingerprint density at radius 3 is 2.68 bits per heavy atom. The number of urea groups is 1. The predicted octanol–water partition coefficient (Wildman–Crippen LogP) is 1.83. The summed E-state index contributed by atoms with van der Waals surface area (Å²) >= 11 is 1.05. The molecule has 0 bridgehead atoms. The molecule has 0 aliphatic carbocycles. The molecule has 1 aromatic heterocycles. The number of H-pyrrole nitrogens is 1. The Morgan fingerprint density at radius 1 is 1.10 bits per heavy atom. The van der Waals surface area contributed by atoms with Crippen molar-refractivity contribution in [2.45, 2.75) is 11.7 Å². The number of fused-ring (bicyclic) bond motifs is 1. The van der Waals surface area contributed by atoms with Gasteiger partial charge in [0.25, 0.3) is 0 Å². The molecule has 31 heavy (non-hydrogen) atoms. The number of benzene rings is 2. The maximum Gasteiger partial charge on any atom is 0.344 e. The van der Waals surface area contributed by atoms with Crippen molar-refractivity contribution in [3.8, 4) is 11.5 Å². The van der Waals surface area contributed by atoms with Crippen molar-refractivity contribution in [2.24, 2.45) is 0 Å². The molecular formula is C20H19N5O5S. The van der Waals surface area contributed by atoms with Gasteiger partial charge in [-0.05, 0) is 17.7 Å². The highest BCUT2D eigenvalue weighted by Gasteiger charge is 2.15. The molecule has 2 aromatic carbocycles. The van der Waals surface area contributed by atoms with Crippen LogP contribution in [0.3, 0.4) is 0 Å². The van der Waals surface area contributed by atoms with Crippen LogP contribution < -0.4 is 25.8 Å². The maximum atomic E-state index is 12.2. The van der Waals surface area contributed by atoms with E-state index in [0.29, 0.717) is 42.1 Å². The standard InChI is InChI=1S/C20H19N5O5S/c26-17(22-18(27)21-14-6-7-15-16(10-14)30-9-8-29-15)12-31-20-24-23-19(28)25(20)11-13-4-2-1-3-5-13/h1-7,10H,8-9,11-12H2,(H,23,28)(H2,21,22,26,27). The zero-order valence-corrected chi connectivity index (χ0v) is 17.1. The van der Waals surface area contributed by atoms with E-state index in [9.17, 15) is 14.4 Å². The molecule has 1 aliphatic heterocycles. The molecule has 0 atom stereocenters. The Bertz CT molecular complexity index is 1140. The molecule has 0 saturated carbocycles. The Kier molecular flexibility index (Phi) is 6.22. The summed E-state index contributed by atoms with van der Waals surface area (Å²) in [5.41, 5.74) is 1.02. The van der Waals surface area contributed by atoms with Crippen LogP contribution in [0.25, 0.3) is 0 Å². The average molecular weight is 441 g/mol. The monoisotopic (exact) mass is 441 g/mol. The molecule has 0 saturated heterocycles. The molecule has 4 rings (SSSR count). The van der Waals surface area contributed by atoms with Crippen molar-refractivity contribution in [1.29, 1.82) is 0 Å². The molecule has 0 spiro atoms. The van der Waals surface area contributed by atoms with Crippen LogP contribution in [0.15, 0.2) is 58.5 Å². The number of hydrogen-bond acceptors (Lipinski definition) is 7. The van der Waals surface area contributed by atoms with Gasteiger partial charge in [0.15, 0.2) is 16.7 Å². The molecular weight excluding hydrogens is 422 g/mol. The van der Waals surface area contributed by atoms with Gasteiger partial charge in [-0.1, -0.05) is 42.1 Å². The highest BCUT2D eigenvalue weighted by molar-refractivity contribution is 7.99. The van der Waals surface area contributed by atoms with Gasteiger partial charge in [-0.2, -0.15) is 0 Å². The second kappa shape index (κ2) is 9.39. The summed E-state index contributed by atoms with van der Waals surface area (Å²) in [6.07, 6.45) is 0. The quantitative estimate of drug-likeness (QED) is 0.498. The first-order valence-electron chi connectivity index (χ1n) is 9.41. The number of nitrogens with zero attached hydrogens (tertiary/aromatic N) is 2. The van der Waals surface area contributed by atoms with E-state index in [0.717, 1.165) is 17.3 Å². The smallest absolute Gasteiger partial charge is 0.344 e. The normalized spacial score (nSPS) is 12.3. The number of anilines is 1. The van der Waals surface area contributed by atoms with Crippen LogP contribution in [0.4, 0.5) is 10.5 Å². The fourth-order valence-corrected chi connectivity index (χ4v) is 3.64. The highest BCUT2D eigenvalue weighted by atomic mass is 32.2. The molecule has 3 N–H and O–H groups in total. The van der Waals surface area contributed by atoms with Crippen LogP contribution in [0, 0.1) is 0 Å². The van der Waals surface area contributed by atoms with Gasteiger partial charge in [0.1, 0.15) is 13.2 Å². The van der Waals surface area contributed by atoms with E-state index >= 15 is 0 Å². The maximum absolute atomic E-state index is 12.2. The molecule has 160 valence electrons. The number of hydrogen-bond donors (Lipinski definition) is 3. The van der Waals surface area contributed by atoms with Crippen molar-refractivity contribution in [3.05, 3.63) is 64.6 Å². The fourth-order valence-electron chi connectivity index (χ4n) is 2.90. The first-order valence-corrected chi connectivity index (χ1v) is 10.4. The largest absolute Gasteiger partial charge is 0.486 e. The first-order chi connectivity index (χ1) is 15.1. The van der Waals surface area contributed by atoms with Crippen LogP contribution in [-0.2, 0) is 11.3 Å². The van der Waals surface area contributed by atoms with Gasteiger partial charge < -0.3 is 14.8 Å². The summed E-state index contributed by atoms with van der Waals surface area (Å²) in [4.78, 5) is 36.3. The number of aromatic nitrogens is 3. The summed E-state index contributed by atoms with van der Waals surface area (Å²) in [5, 5.41) is 11.5. The van der Waals surface area contributed by atoms with E-state index in [-0.39, 0.29) is 11.4 Å². The zero-order valence-electron chi connectivity index (χ0n) is 16.3. The number of thioether (sulfide) groups is 1. The van der Waals surface area contributed by atoms with E-state index < -0.39 is 11.9 Å². The topological polar surface area (TPSA) is 127 Å². The molecule has 0 unspecified atom stereocenters. The van der Waals surface area contributed by atoms with E-state index in [1.54, 1.807) is 18.2 Å². The van der Waals surface area contributed by atoms with Gasteiger partial charge in [0, 0.05) is 11.8 Å². The van der Waals surface area contributed by atoms with Gasteiger partial charge in [0.2, 0.25) is 5.91 Å². The Hall–Kier alpha value is -3.73. The lowest BCUT2D eigenvalue weighted by Crippen LogP contribution is -2.35. The number of amides is 3. The molecule has 0 radical (unpaired) electrons. The Balaban J connectivity index is 1.30. The number of ether oxygens (including phenoxy) is 2. The van der Waals surface area contributed by atoms with Crippen LogP contribution in [0.5, 0.6) is 11.5 Å². The predicted molar refractivity (Wildman–Crippen MR) is 114 cm³/mol. The van der Waals surface area contributed by atoms with Crippen molar-refractivity contribution in [3.63, 3.8) is 0 Å². The van der Waals surface area contributed by atoms with Gasteiger partial charge >= 0.3 is 11.7 Å². The third kappa shape index (κ3) is 5.25. The van der Waals surface area contributed by atoms with Gasteiger partial charge in [-0.3, -0.25) is 14.7 Å². The minimum atomic E-state index is -0.675. The number of rotatable bonds is 6. The molecule has 2 heterocycles. The molecule has 3 aromatic rings. The number of carbonyl (C=O) groups is 2. The zero-order chi connectivity index (χ0) is 21.6. The number of nitrogens with one attached hydrogen (secondary N) is 3. The van der Waals surface area contributed by atoms with E-state index in [1.807, 2.05) is 30.3 Å². The van der Waals surface area contributed by atoms with Crippen molar-refractivity contribution < 1.29 is 19.1 Å². The minimum absolute atomic E-state index is 0.0896. The lowest BCUT2D eigenvalue weighted by Gasteiger charge is -2.19. The van der Waals surface area contributed by atoms with Gasteiger partial charge in [0.05, 0.1) is 12.3 Å². The van der Waals surface area contributed by atoms with Crippen LogP contribution >= 0.6 is 11.8 Å².